The molecule has 0 amide bonds. The molecule has 0 spiro atoms. The van der Waals surface area contributed by atoms with Gasteiger partial charge in [0.05, 0.1) is 59.4 Å². The fourth-order valence-corrected chi connectivity index (χ4v) is 13.2. The summed E-state index contributed by atoms with van der Waals surface area (Å²) in [5.41, 5.74) is 17.9. The van der Waals surface area contributed by atoms with Crippen molar-refractivity contribution >= 4 is 103 Å². The van der Waals surface area contributed by atoms with Crippen LogP contribution in [-0.4, -0.2) is 62.9 Å². The second-order valence-electron chi connectivity index (χ2n) is 26.8. The van der Waals surface area contributed by atoms with Gasteiger partial charge in [0.25, 0.3) is 0 Å². The molecule has 5 aliphatic heterocycles. The van der Waals surface area contributed by atoms with Crippen LogP contribution in [0.4, 0.5) is 103 Å². The molecule has 5 aromatic heterocycles. The normalized spacial score (nSPS) is 12.9. The van der Waals surface area contributed by atoms with Crippen molar-refractivity contribution < 1.29 is 101 Å². The molecular formula is C90H78Ir5N20-10. The van der Waals surface area contributed by atoms with Gasteiger partial charge in [0.15, 0.2) is 0 Å². The summed E-state index contributed by atoms with van der Waals surface area (Å²) < 4.78 is 0. The summed E-state index contributed by atoms with van der Waals surface area (Å²) in [6.45, 7) is 25.5. The van der Waals surface area contributed by atoms with Gasteiger partial charge in [-0.15, -0.1) is 55.1 Å². The minimum absolute atomic E-state index is 0. The first-order valence-corrected chi connectivity index (χ1v) is 36.2. The van der Waals surface area contributed by atoms with Crippen LogP contribution < -0.4 is 49.0 Å². The first kappa shape index (κ1) is 87.0. The zero-order valence-corrected chi connectivity index (χ0v) is 75.8. The predicted octanol–water partition coefficient (Wildman–Crippen LogP) is 20.0. The maximum absolute atomic E-state index is 5.21. The Morgan fingerprint density at radius 1 is 0.304 bits per heavy atom. The van der Waals surface area contributed by atoms with Gasteiger partial charge in [0, 0.05) is 123 Å². The Kier molecular flexibility index (Phi) is 30.8. The largest absolute Gasteiger partial charge is 0.501 e. The topological polar surface area (TPSA) is 161 Å². The van der Waals surface area contributed by atoms with E-state index in [-0.39, 0.29) is 101 Å². The van der Waals surface area contributed by atoms with Gasteiger partial charge >= 0.3 is 0 Å². The van der Waals surface area contributed by atoms with Crippen LogP contribution in [0.5, 0.6) is 0 Å². The number of aromatic nitrogens is 10. The Morgan fingerprint density at radius 2 is 0.670 bits per heavy atom. The fraction of sp³-hybridized carbons (Fsp3) is 0.122. The van der Waals surface area contributed by atoms with Crippen molar-refractivity contribution in [1.29, 1.82) is 0 Å². The van der Waals surface area contributed by atoms with Crippen LogP contribution in [0.1, 0.15) is 70.1 Å². The van der Waals surface area contributed by atoms with Crippen molar-refractivity contribution in [2.24, 2.45) is 0 Å². The van der Waals surface area contributed by atoms with E-state index in [0.717, 1.165) is 109 Å². The van der Waals surface area contributed by atoms with Crippen molar-refractivity contribution in [3.05, 3.63) is 361 Å². The van der Waals surface area contributed by atoms with Gasteiger partial charge in [-0.1, -0.05) is 100 Å². The van der Waals surface area contributed by atoms with E-state index in [9.17, 15) is 0 Å². The van der Waals surface area contributed by atoms with Gasteiger partial charge in [0.1, 0.15) is 60.2 Å². The number of hydrogen-bond donors (Lipinski definition) is 0. The molecule has 9 aromatic carbocycles. The van der Waals surface area contributed by atoms with Gasteiger partial charge < -0.3 is 49.0 Å². The minimum Gasteiger partial charge on any atom is -0.501 e. The third kappa shape index (κ3) is 19.3. The molecule has 0 saturated heterocycles. The predicted molar refractivity (Wildman–Crippen MR) is 439 cm³/mol. The standard InChI is InChI=1S/C29H28N4.C18H14N4.C17H12N4.C14H14N4.C12H10N4.5Ir/c1-20(2)24-16-11-17-25(21(3)4)27(24)26-18-30-28-29(31-26)33(23-14-9-6-10-15-23)19-32(28)22-12-7-5-8-13-22;1-14-7-5-6-10-16(14)22-13-21(15-8-3-2-4-9-15)18-17(22)11-19-12-20-18;1-3-7-14(8-4-1)20-13-21(15-9-5-2-6-10-15)17-16(20)11-18-12-19-17;1-11(2)17-10-18(12-6-4-3-5-7-12)14-13(17)8-15-9-16-14;1-15-9-16(10-5-3-2-4-6-10)12-11(15)7-13-8-14-12;;;;;/h5-14,16-21H,1-4H3;2-8,10-13H,1H3;1-9,11-13H;3-6,8-11H,1-2H3;2-5,7-9H,1H3;;;;;/q5*-2;;;;;. The van der Waals surface area contributed by atoms with E-state index >= 15 is 0 Å². The molecule has 20 nitrogen and oxygen atoms in total. The fourth-order valence-electron chi connectivity index (χ4n) is 13.2. The molecule has 0 unspecified atom stereocenters. The molecule has 0 atom stereocenters. The van der Waals surface area contributed by atoms with Crippen molar-refractivity contribution in [1.82, 2.24) is 49.8 Å². The van der Waals surface area contributed by atoms with E-state index in [2.05, 4.69) is 204 Å². The smallest absolute Gasteiger partial charge is 0.145 e. The number of rotatable bonds is 12. The molecule has 0 saturated carbocycles. The monoisotopic (exact) mass is 2400 g/mol. The molecule has 25 heteroatoms. The Bertz CT molecular complexity index is 5280. The third-order valence-corrected chi connectivity index (χ3v) is 18.6. The molecule has 0 bridgehead atoms. The molecule has 115 heavy (non-hydrogen) atoms. The zero-order valence-electron chi connectivity index (χ0n) is 63.8. The van der Waals surface area contributed by atoms with Gasteiger partial charge in [-0.2, -0.15) is 158 Å². The zero-order chi connectivity index (χ0) is 75.5. The SMILES string of the molecule is CC(C)N1[CH-]N(c2[c-]cccc2)c2ncncc21.CC(C)c1cccc(C(C)C)c1-c1cnc2c(n1)N(c1[c-]cccc1)[CH-]N2c1ccccc1.CN1[CH-]N(c2[c-]cccc2)c2ncncc21.Cc1ccccc1N1[CH-]N(c2[c-]cccc2)c2ncncc21.[Ir].[Ir].[Ir].[Ir].[Ir].[c-]1ccccc1N1[CH-]N(c2ccccc2)c2cncnc21. The molecule has 19 rings (SSSR count). The van der Waals surface area contributed by atoms with E-state index in [1.807, 2.05) is 259 Å². The Balaban J connectivity index is 0.000000154. The van der Waals surface area contributed by atoms with E-state index in [4.69, 9.17) is 9.97 Å². The van der Waals surface area contributed by atoms with E-state index < -0.39 is 0 Å². The number of nitrogens with zero attached hydrogens (tertiary/aromatic N) is 20. The van der Waals surface area contributed by atoms with Crippen LogP contribution in [0.25, 0.3) is 11.3 Å². The molecule has 0 fully saturated rings. The Morgan fingerprint density at radius 3 is 1.11 bits per heavy atom. The Hall–Kier alpha value is -10.4. The van der Waals surface area contributed by atoms with Crippen LogP contribution in [-0.2, 0) is 101 Å². The number of aryl methyl sites for hydroxylation is 1. The van der Waals surface area contributed by atoms with Crippen LogP contribution in [0.15, 0.2) is 281 Å². The van der Waals surface area contributed by atoms with Crippen LogP contribution in [0, 0.1) is 70.6 Å². The molecular weight excluding hydrogens is 2320 g/mol. The molecule has 0 aliphatic carbocycles. The number of fused-ring (bicyclic) bond motifs is 5. The number of para-hydroxylation sites is 8. The summed E-state index contributed by atoms with van der Waals surface area (Å²) in [5, 5.41) is 0. The average molecular weight is 2400 g/mol. The van der Waals surface area contributed by atoms with Gasteiger partial charge in [-0.3, -0.25) is 0 Å². The third-order valence-electron chi connectivity index (χ3n) is 18.6. The van der Waals surface area contributed by atoms with Gasteiger partial charge in [-0.25, -0.2) is 49.8 Å². The summed E-state index contributed by atoms with van der Waals surface area (Å²) in [6.07, 6.45) is 15.5. The molecule has 593 valence electrons. The minimum atomic E-state index is 0. The average Bonchev–Trinajstić information content (AvgIpc) is 1.60. The second-order valence-corrected chi connectivity index (χ2v) is 26.8. The van der Waals surface area contributed by atoms with Crippen LogP contribution in [0.2, 0.25) is 0 Å². The van der Waals surface area contributed by atoms with Crippen molar-refractivity contribution in [2.75, 3.05) is 56.0 Å². The summed E-state index contributed by atoms with van der Waals surface area (Å²) in [4.78, 5) is 64.7. The molecule has 5 radical (unpaired) electrons. The molecule has 10 heterocycles. The van der Waals surface area contributed by atoms with Crippen molar-refractivity contribution in [3.63, 3.8) is 0 Å². The van der Waals surface area contributed by atoms with Crippen molar-refractivity contribution in [2.45, 2.75) is 66.3 Å². The molecule has 5 aliphatic rings. The number of benzene rings is 9. The Labute approximate surface area is 741 Å². The van der Waals surface area contributed by atoms with Gasteiger partial charge in [-0.05, 0) is 92.7 Å². The quantitative estimate of drug-likeness (QED) is 0.106. The summed E-state index contributed by atoms with van der Waals surface area (Å²) in [7, 11) is 1.98. The second kappa shape index (κ2) is 40.8. The van der Waals surface area contributed by atoms with Gasteiger partial charge in [0.2, 0.25) is 0 Å². The van der Waals surface area contributed by atoms with Crippen molar-refractivity contribution in [3.8, 4) is 11.3 Å². The summed E-state index contributed by atoms with van der Waals surface area (Å²) in [6, 6.07) is 91.3. The maximum Gasteiger partial charge on any atom is 0.145 e. The van der Waals surface area contributed by atoms with E-state index in [1.54, 1.807) is 25.3 Å². The molecule has 14 aromatic rings. The van der Waals surface area contributed by atoms with E-state index in [1.165, 1.54) is 22.3 Å². The number of anilines is 18. The van der Waals surface area contributed by atoms with Crippen LogP contribution in [0.3, 0.4) is 0 Å². The molecule has 0 N–H and O–H groups in total. The maximum atomic E-state index is 5.21. The first-order valence-electron chi connectivity index (χ1n) is 36.2. The van der Waals surface area contributed by atoms with E-state index in [0.29, 0.717) is 17.9 Å². The summed E-state index contributed by atoms with van der Waals surface area (Å²) in [5.74, 6) is 5.92. The van der Waals surface area contributed by atoms with Crippen LogP contribution >= 0.6 is 0 Å². The number of hydrogen-bond acceptors (Lipinski definition) is 20. The summed E-state index contributed by atoms with van der Waals surface area (Å²) >= 11 is 0. The first-order chi connectivity index (χ1) is 53.9.